The number of aryl methyl sites for hydroxylation is 2. The zero-order valence-electron chi connectivity index (χ0n) is 16.1. The summed E-state index contributed by atoms with van der Waals surface area (Å²) in [6.07, 6.45) is 3.07. The van der Waals surface area contributed by atoms with E-state index in [0.717, 1.165) is 44.0 Å². The van der Waals surface area contributed by atoms with Crippen molar-refractivity contribution >= 4 is 51.1 Å². The maximum Gasteiger partial charge on any atom is 0.193 e. The van der Waals surface area contributed by atoms with E-state index in [2.05, 4.69) is 20.6 Å². The smallest absolute Gasteiger partial charge is 0.193 e. The number of aromatic nitrogens is 1. The SMILES string of the molecule is CCNC(=NCCCCc1nc(C)cs1)N1CCS(=O)(=O)C(C)(C)C1.I. The van der Waals surface area contributed by atoms with Gasteiger partial charge in [0.15, 0.2) is 15.8 Å². The molecule has 1 aliphatic rings. The molecule has 1 saturated heterocycles. The number of guanidine groups is 1. The van der Waals surface area contributed by atoms with Crippen molar-refractivity contribution in [2.75, 3.05) is 31.9 Å². The summed E-state index contributed by atoms with van der Waals surface area (Å²) < 4.78 is 23.6. The highest BCUT2D eigenvalue weighted by Crippen LogP contribution is 2.23. The van der Waals surface area contributed by atoms with Crippen LogP contribution in [0.2, 0.25) is 0 Å². The van der Waals surface area contributed by atoms with E-state index in [9.17, 15) is 8.42 Å². The zero-order chi connectivity index (χ0) is 18.5. The summed E-state index contributed by atoms with van der Waals surface area (Å²) in [5.41, 5.74) is 1.09. The maximum absolute atomic E-state index is 12.2. The van der Waals surface area contributed by atoms with E-state index >= 15 is 0 Å². The summed E-state index contributed by atoms with van der Waals surface area (Å²) in [6, 6.07) is 0. The number of aliphatic imine (C=N–C) groups is 1. The van der Waals surface area contributed by atoms with Crippen molar-refractivity contribution in [3.05, 3.63) is 16.1 Å². The minimum atomic E-state index is -3.03. The molecule has 1 fully saturated rings. The third-order valence-electron chi connectivity index (χ3n) is 4.40. The molecule has 1 aromatic heterocycles. The van der Waals surface area contributed by atoms with Gasteiger partial charge in [-0.05, 0) is 47.0 Å². The molecular weight excluding hydrogens is 483 g/mol. The molecule has 0 atom stereocenters. The molecule has 2 heterocycles. The van der Waals surface area contributed by atoms with E-state index in [0.29, 0.717) is 13.1 Å². The Bertz CT molecular complexity index is 701. The van der Waals surface area contributed by atoms with Gasteiger partial charge >= 0.3 is 0 Å². The van der Waals surface area contributed by atoms with Crippen LogP contribution in [0.15, 0.2) is 10.4 Å². The highest BCUT2D eigenvalue weighted by molar-refractivity contribution is 14.0. The Morgan fingerprint density at radius 3 is 2.73 bits per heavy atom. The molecule has 1 N–H and O–H groups in total. The summed E-state index contributed by atoms with van der Waals surface area (Å²) in [5, 5.41) is 6.58. The fraction of sp³-hybridized carbons (Fsp3) is 0.765. The number of unbranched alkanes of at least 4 members (excludes halogenated alkanes) is 1. The molecule has 2 rings (SSSR count). The molecule has 0 amide bonds. The van der Waals surface area contributed by atoms with Crippen molar-refractivity contribution < 1.29 is 8.42 Å². The normalized spacial score (nSPS) is 19.1. The highest BCUT2D eigenvalue weighted by Gasteiger charge is 2.40. The third-order valence-corrected chi connectivity index (χ3v) is 7.96. The molecule has 9 heteroatoms. The highest BCUT2D eigenvalue weighted by atomic mass is 127. The first kappa shape index (κ1) is 23.6. The summed E-state index contributed by atoms with van der Waals surface area (Å²) in [7, 11) is -3.03. The van der Waals surface area contributed by atoms with Gasteiger partial charge in [-0.3, -0.25) is 4.99 Å². The van der Waals surface area contributed by atoms with E-state index in [-0.39, 0.29) is 29.7 Å². The maximum atomic E-state index is 12.2. The molecule has 0 aliphatic carbocycles. The summed E-state index contributed by atoms with van der Waals surface area (Å²) in [6.45, 7) is 10.2. The Labute approximate surface area is 178 Å². The van der Waals surface area contributed by atoms with Gasteiger partial charge in [0.25, 0.3) is 0 Å². The first-order chi connectivity index (χ1) is 11.7. The van der Waals surface area contributed by atoms with Gasteiger partial charge in [-0.2, -0.15) is 0 Å². The lowest BCUT2D eigenvalue weighted by Crippen LogP contribution is -2.57. The summed E-state index contributed by atoms with van der Waals surface area (Å²) in [4.78, 5) is 11.3. The largest absolute Gasteiger partial charge is 0.357 e. The lowest BCUT2D eigenvalue weighted by molar-refractivity contribution is 0.353. The van der Waals surface area contributed by atoms with Gasteiger partial charge in [-0.15, -0.1) is 35.3 Å². The average Bonchev–Trinajstić information content (AvgIpc) is 2.94. The molecule has 1 aromatic rings. The summed E-state index contributed by atoms with van der Waals surface area (Å²) in [5.74, 6) is 1.02. The van der Waals surface area contributed by atoms with Crippen molar-refractivity contribution in [1.82, 2.24) is 15.2 Å². The number of nitrogens with zero attached hydrogens (tertiary/aromatic N) is 3. The minimum absolute atomic E-state index is 0. The molecule has 0 radical (unpaired) electrons. The first-order valence-electron chi connectivity index (χ1n) is 8.92. The molecule has 0 spiro atoms. The Morgan fingerprint density at radius 2 is 2.15 bits per heavy atom. The average molecular weight is 514 g/mol. The number of hydrogen-bond acceptors (Lipinski definition) is 5. The molecule has 26 heavy (non-hydrogen) atoms. The van der Waals surface area contributed by atoms with Crippen molar-refractivity contribution in [1.29, 1.82) is 0 Å². The van der Waals surface area contributed by atoms with Crippen molar-refractivity contribution in [2.24, 2.45) is 4.99 Å². The molecule has 1 aliphatic heterocycles. The number of thiazole rings is 1. The van der Waals surface area contributed by atoms with Crippen LogP contribution < -0.4 is 5.32 Å². The molecular formula is C17H31IN4O2S2. The van der Waals surface area contributed by atoms with Gasteiger partial charge in [-0.25, -0.2) is 13.4 Å². The van der Waals surface area contributed by atoms with Crippen molar-refractivity contribution in [3.8, 4) is 0 Å². The van der Waals surface area contributed by atoms with Crippen molar-refractivity contribution in [2.45, 2.75) is 51.7 Å². The Morgan fingerprint density at radius 1 is 1.42 bits per heavy atom. The number of sulfone groups is 1. The number of halogens is 1. The van der Waals surface area contributed by atoms with E-state index in [1.807, 2.05) is 13.8 Å². The third kappa shape index (κ3) is 6.33. The van der Waals surface area contributed by atoms with Gasteiger partial charge in [0, 0.05) is 37.3 Å². The Kier molecular flexibility index (Phi) is 9.28. The van der Waals surface area contributed by atoms with Gasteiger partial charge in [0.2, 0.25) is 0 Å². The predicted molar refractivity (Wildman–Crippen MR) is 121 cm³/mol. The van der Waals surface area contributed by atoms with E-state index in [1.165, 1.54) is 5.01 Å². The number of hydrogen-bond donors (Lipinski definition) is 1. The van der Waals surface area contributed by atoms with Crippen LogP contribution in [0.5, 0.6) is 0 Å². The molecule has 0 unspecified atom stereocenters. The number of rotatable bonds is 6. The van der Waals surface area contributed by atoms with Crippen LogP contribution in [0, 0.1) is 6.92 Å². The lowest BCUT2D eigenvalue weighted by Gasteiger charge is -2.39. The van der Waals surface area contributed by atoms with Crippen LogP contribution in [0.1, 0.15) is 44.3 Å². The van der Waals surface area contributed by atoms with Gasteiger partial charge < -0.3 is 10.2 Å². The molecule has 150 valence electrons. The molecule has 0 bridgehead atoms. The van der Waals surface area contributed by atoms with Crippen LogP contribution >= 0.6 is 35.3 Å². The van der Waals surface area contributed by atoms with Crippen LogP contribution in [0.25, 0.3) is 0 Å². The second kappa shape index (κ2) is 10.2. The first-order valence-corrected chi connectivity index (χ1v) is 11.4. The van der Waals surface area contributed by atoms with Gasteiger partial charge in [0.1, 0.15) is 0 Å². The zero-order valence-corrected chi connectivity index (χ0v) is 20.1. The van der Waals surface area contributed by atoms with E-state index in [1.54, 1.807) is 25.2 Å². The molecule has 0 saturated carbocycles. The predicted octanol–water partition coefficient (Wildman–Crippen LogP) is 2.87. The Hall–Kier alpha value is -0.420. The lowest BCUT2D eigenvalue weighted by atomic mass is 10.2. The van der Waals surface area contributed by atoms with Crippen LogP contribution in [0.3, 0.4) is 0 Å². The quantitative estimate of drug-likeness (QED) is 0.274. The van der Waals surface area contributed by atoms with E-state index in [4.69, 9.17) is 4.99 Å². The van der Waals surface area contributed by atoms with E-state index < -0.39 is 14.6 Å². The van der Waals surface area contributed by atoms with Crippen LogP contribution in [-0.4, -0.2) is 60.9 Å². The van der Waals surface area contributed by atoms with Crippen LogP contribution in [-0.2, 0) is 16.3 Å². The Balaban J connectivity index is 0.00000338. The monoisotopic (exact) mass is 514 g/mol. The van der Waals surface area contributed by atoms with Crippen molar-refractivity contribution in [3.63, 3.8) is 0 Å². The fourth-order valence-corrected chi connectivity index (χ4v) is 5.02. The minimum Gasteiger partial charge on any atom is -0.357 e. The summed E-state index contributed by atoms with van der Waals surface area (Å²) >= 11 is 1.72. The second-order valence-corrected chi connectivity index (χ2v) is 10.8. The second-order valence-electron chi connectivity index (χ2n) is 7.08. The topological polar surface area (TPSA) is 74.7 Å². The van der Waals surface area contributed by atoms with Gasteiger partial charge in [0.05, 0.1) is 15.5 Å². The molecule has 0 aromatic carbocycles. The molecule has 6 nitrogen and oxygen atoms in total. The fourth-order valence-electron chi connectivity index (χ4n) is 2.84. The van der Waals surface area contributed by atoms with Crippen LogP contribution in [0.4, 0.5) is 0 Å². The van der Waals surface area contributed by atoms with Gasteiger partial charge in [-0.1, -0.05) is 0 Å². The standard InChI is InChI=1S/C17H30N4O2S2.HI/c1-5-18-16(21-10-11-25(22,23)17(3,4)13-21)19-9-7-6-8-15-20-14(2)12-24-15;/h12H,5-11,13H2,1-4H3,(H,18,19);1H. The number of nitrogens with one attached hydrogen (secondary N) is 1.